The molecule has 2 heterocycles. The summed E-state index contributed by atoms with van der Waals surface area (Å²) in [5.41, 5.74) is 2.74. The molecule has 0 aliphatic carbocycles. The molecule has 0 unspecified atom stereocenters. The number of aliphatic hydroxyl groups excluding tert-OH is 1. The Balaban J connectivity index is 1.28. The molecule has 2 aromatic rings. The minimum Gasteiger partial charge on any atom is -0.487 e. The van der Waals surface area contributed by atoms with Gasteiger partial charge in [0.2, 0.25) is 5.91 Å². The lowest BCUT2D eigenvalue weighted by molar-refractivity contribution is -0.131. The first-order valence-electron chi connectivity index (χ1n) is 10.7. The number of carbonyl (C=O) groups excluding carboxylic acids is 2. The van der Waals surface area contributed by atoms with E-state index >= 15 is 0 Å². The molecular weight excluding hydrogens is 428 g/mol. The second kappa shape index (κ2) is 10.1. The fourth-order valence-electron chi connectivity index (χ4n) is 4.14. The molecule has 1 fully saturated rings. The zero-order valence-electron chi connectivity index (χ0n) is 18.0. The summed E-state index contributed by atoms with van der Waals surface area (Å²) in [5, 5.41) is 17.9. The first-order chi connectivity index (χ1) is 15.5. The van der Waals surface area contributed by atoms with Crippen LogP contribution in [0.3, 0.4) is 0 Å². The molecule has 4 N–H and O–H groups in total. The van der Waals surface area contributed by atoms with Gasteiger partial charge in [-0.1, -0.05) is 24.3 Å². The highest BCUT2D eigenvalue weighted by atomic mass is 32.2. The number of amides is 3. The van der Waals surface area contributed by atoms with Crippen LogP contribution in [0.4, 0.5) is 10.5 Å². The number of carbonyl (C=O) groups is 2. The minimum atomic E-state index is -0.723. The van der Waals surface area contributed by atoms with Crippen molar-refractivity contribution in [1.82, 2.24) is 15.5 Å². The number of hydrogen-bond acceptors (Lipinski definition) is 6. The molecule has 4 rings (SSSR count). The van der Waals surface area contributed by atoms with Crippen molar-refractivity contribution in [2.45, 2.75) is 36.6 Å². The van der Waals surface area contributed by atoms with E-state index in [0.717, 1.165) is 18.4 Å². The summed E-state index contributed by atoms with van der Waals surface area (Å²) in [6, 6.07) is 13.3. The van der Waals surface area contributed by atoms with Crippen molar-refractivity contribution in [2.24, 2.45) is 0 Å². The molecule has 2 aliphatic heterocycles. The van der Waals surface area contributed by atoms with Gasteiger partial charge >= 0.3 is 6.03 Å². The number of nitrogens with zero attached hydrogens (tertiary/aromatic N) is 1. The lowest BCUT2D eigenvalue weighted by Crippen LogP contribution is -2.43. The number of benzene rings is 2. The molecule has 0 spiro atoms. The van der Waals surface area contributed by atoms with E-state index in [-0.39, 0.29) is 25.1 Å². The maximum Gasteiger partial charge on any atom is 0.315 e. The number of thioether (sulfide) groups is 1. The molecule has 0 bridgehead atoms. The normalized spacial score (nSPS) is 19.5. The van der Waals surface area contributed by atoms with E-state index in [9.17, 15) is 14.7 Å². The maximum absolute atomic E-state index is 12.8. The Hall–Kier alpha value is -2.91. The predicted octanol–water partition coefficient (Wildman–Crippen LogP) is 2.69. The van der Waals surface area contributed by atoms with E-state index in [1.165, 1.54) is 10.5 Å². The first kappa shape index (κ1) is 22.3. The van der Waals surface area contributed by atoms with E-state index in [1.54, 1.807) is 17.8 Å². The van der Waals surface area contributed by atoms with Crippen molar-refractivity contribution in [2.75, 3.05) is 31.3 Å². The third kappa shape index (κ3) is 5.11. The molecule has 3 amide bonds. The number of nitrogens with one attached hydrogen (secondary N) is 3. The summed E-state index contributed by atoms with van der Waals surface area (Å²) < 4.78 is 5.49. The zero-order chi connectivity index (χ0) is 22.5. The van der Waals surface area contributed by atoms with Crippen LogP contribution in [0.2, 0.25) is 0 Å². The maximum atomic E-state index is 12.8. The van der Waals surface area contributed by atoms with Crippen molar-refractivity contribution < 1.29 is 19.4 Å². The van der Waals surface area contributed by atoms with E-state index in [1.807, 2.05) is 35.4 Å². The summed E-state index contributed by atoms with van der Waals surface area (Å²) in [5.74, 6) is 0.557. The lowest BCUT2D eigenvalue weighted by Gasteiger charge is -2.26. The highest BCUT2D eigenvalue weighted by molar-refractivity contribution is 7.98. The lowest BCUT2D eigenvalue weighted by atomic mass is 10.0. The molecule has 0 radical (unpaired) electrons. The number of hydrogen-bond donors (Lipinski definition) is 4. The second-order valence-electron chi connectivity index (χ2n) is 7.82. The SMILES string of the molecule is CSc1ccccc1[C@H]1CCCN1C(=O)CNC(=O)NCc1ccc2c(c1)OC[C@@H](O)N2. The van der Waals surface area contributed by atoms with Crippen LogP contribution < -0.4 is 20.7 Å². The van der Waals surface area contributed by atoms with Crippen LogP contribution in [-0.4, -0.2) is 54.1 Å². The van der Waals surface area contributed by atoms with Gasteiger partial charge < -0.3 is 30.7 Å². The minimum absolute atomic E-state index is 0.0428. The monoisotopic (exact) mass is 456 g/mol. The van der Waals surface area contributed by atoms with Crippen LogP contribution in [0.15, 0.2) is 47.4 Å². The Labute approximate surface area is 191 Å². The van der Waals surface area contributed by atoms with Crippen molar-refractivity contribution >= 4 is 29.4 Å². The van der Waals surface area contributed by atoms with Crippen LogP contribution >= 0.6 is 11.8 Å². The number of ether oxygens (including phenoxy) is 1. The Bertz CT molecular complexity index is 986. The molecule has 0 saturated carbocycles. The largest absolute Gasteiger partial charge is 0.487 e. The summed E-state index contributed by atoms with van der Waals surface area (Å²) in [6.07, 6.45) is 3.21. The van der Waals surface area contributed by atoms with Gasteiger partial charge in [-0.05, 0) is 48.4 Å². The fourth-order valence-corrected chi connectivity index (χ4v) is 4.79. The van der Waals surface area contributed by atoms with Gasteiger partial charge in [0.05, 0.1) is 18.3 Å². The van der Waals surface area contributed by atoms with Crippen LogP contribution in [0.25, 0.3) is 0 Å². The van der Waals surface area contributed by atoms with Gasteiger partial charge in [-0.25, -0.2) is 4.79 Å². The van der Waals surface area contributed by atoms with Crippen LogP contribution in [0, 0.1) is 0 Å². The third-order valence-electron chi connectivity index (χ3n) is 5.69. The molecule has 9 heteroatoms. The topological polar surface area (TPSA) is 103 Å². The van der Waals surface area contributed by atoms with Crippen molar-refractivity contribution in [1.29, 1.82) is 0 Å². The number of urea groups is 1. The number of rotatable bonds is 6. The Morgan fingerprint density at radius 3 is 2.94 bits per heavy atom. The van der Waals surface area contributed by atoms with Gasteiger partial charge in [0.15, 0.2) is 6.23 Å². The molecule has 32 heavy (non-hydrogen) atoms. The highest BCUT2D eigenvalue weighted by Crippen LogP contribution is 2.36. The van der Waals surface area contributed by atoms with Gasteiger partial charge in [0.1, 0.15) is 12.4 Å². The molecule has 170 valence electrons. The van der Waals surface area contributed by atoms with Gasteiger partial charge in [0.25, 0.3) is 0 Å². The fraction of sp³-hybridized carbons (Fsp3) is 0.391. The first-order valence-corrected chi connectivity index (χ1v) is 11.9. The molecule has 2 aliphatic rings. The van der Waals surface area contributed by atoms with Gasteiger partial charge in [-0.2, -0.15) is 0 Å². The van der Waals surface area contributed by atoms with Crippen molar-refractivity contribution in [3.8, 4) is 5.75 Å². The predicted molar refractivity (Wildman–Crippen MR) is 124 cm³/mol. The van der Waals surface area contributed by atoms with Crippen LogP contribution in [0.1, 0.15) is 30.0 Å². The molecule has 1 saturated heterocycles. The average molecular weight is 457 g/mol. The third-order valence-corrected chi connectivity index (χ3v) is 6.50. The van der Waals surface area contributed by atoms with Gasteiger partial charge in [0, 0.05) is 18.0 Å². The zero-order valence-corrected chi connectivity index (χ0v) is 18.8. The van der Waals surface area contributed by atoms with Crippen molar-refractivity contribution in [3.05, 3.63) is 53.6 Å². The van der Waals surface area contributed by atoms with Gasteiger partial charge in [-0.15, -0.1) is 11.8 Å². The molecule has 2 atom stereocenters. The molecule has 0 aromatic heterocycles. The number of anilines is 1. The summed E-state index contributed by atoms with van der Waals surface area (Å²) >= 11 is 1.68. The van der Waals surface area contributed by atoms with Crippen LogP contribution in [0.5, 0.6) is 5.75 Å². The summed E-state index contributed by atoms with van der Waals surface area (Å²) in [6.45, 7) is 1.13. The van der Waals surface area contributed by atoms with E-state index in [4.69, 9.17) is 4.74 Å². The van der Waals surface area contributed by atoms with E-state index < -0.39 is 12.3 Å². The quantitative estimate of drug-likeness (QED) is 0.499. The second-order valence-corrected chi connectivity index (χ2v) is 8.67. The smallest absolute Gasteiger partial charge is 0.315 e. The molecule has 2 aromatic carbocycles. The number of likely N-dealkylation sites (tertiary alicyclic amines) is 1. The standard InChI is InChI=1S/C23H28N4O4S/c1-32-20-7-3-2-5-16(20)18-6-4-10-27(18)22(29)13-25-23(30)24-12-15-8-9-17-19(11-15)31-14-21(28)26-17/h2-3,5,7-9,11,18,21,26,28H,4,6,10,12-14H2,1H3,(H2,24,25,30)/t18-,21-/m1/s1. The highest BCUT2D eigenvalue weighted by Gasteiger charge is 2.31. The van der Waals surface area contributed by atoms with Crippen molar-refractivity contribution in [3.63, 3.8) is 0 Å². The Morgan fingerprint density at radius 2 is 2.09 bits per heavy atom. The van der Waals surface area contributed by atoms with E-state index in [2.05, 4.69) is 28.1 Å². The van der Waals surface area contributed by atoms with E-state index in [0.29, 0.717) is 24.5 Å². The Morgan fingerprint density at radius 1 is 1.25 bits per heavy atom. The average Bonchev–Trinajstić information content (AvgIpc) is 3.31. The van der Waals surface area contributed by atoms with Gasteiger partial charge in [-0.3, -0.25) is 4.79 Å². The number of fused-ring (bicyclic) bond motifs is 1. The number of aliphatic hydroxyl groups is 1. The summed E-state index contributed by atoms with van der Waals surface area (Å²) in [7, 11) is 0. The molecular formula is C23H28N4O4S. The Kier molecular flexibility index (Phi) is 7.06. The summed E-state index contributed by atoms with van der Waals surface area (Å²) in [4.78, 5) is 28.1. The molecule has 8 nitrogen and oxygen atoms in total. The van der Waals surface area contributed by atoms with Crippen LogP contribution in [-0.2, 0) is 11.3 Å².